The summed E-state index contributed by atoms with van der Waals surface area (Å²) in [7, 11) is -5.04. The summed E-state index contributed by atoms with van der Waals surface area (Å²) >= 11 is 0. The van der Waals surface area contributed by atoms with Gasteiger partial charge in [-0.3, -0.25) is 19.2 Å². The van der Waals surface area contributed by atoms with Gasteiger partial charge in [-0.05, 0) is 101 Å². The summed E-state index contributed by atoms with van der Waals surface area (Å²) in [4.78, 5) is 72.6. The average molecular weight is 980 g/mol. The number of anilines is 1. The zero-order valence-electron chi connectivity index (χ0n) is 43.2. The molecule has 2 heterocycles. The molecule has 1 unspecified atom stereocenters. The Kier molecular flexibility index (Phi) is 16.6. The molecule has 3 aliphatic rings. The van der Waals surface area contributed by atoms with Crippen LogP contribution in [0.3, 0.4) is 0 Å². The van der Waals surface area contributed by atoms with Gasteiger partial charge in [0, 0.05) is 19.0 Å². The SMILES string of the molecule is C=CCOC(=O)C[C@@H](Cc1ccccc1)C(=O)NCC(=O)Cc1ccc(COC(=O)N2c3cc(O[Si](C(C)C)(C(C)C)C(C)C)c(C)cc3C(=O)N3CC4(CC4)C[C@H]3C2O[Si](C)(C)C(C)(C)C)cc1. The number of ether oxygens (including phenoxy) is 2. The molecule has 3 amide bonds. The van der Waals surface area contributed by atoms with E-state index in [0.29, 0.717) is 52.2 Å². The molecule has 1 spiro atoms. The summed E-state index contributed by atoms with van der Waals surface area (Å²) in [6.45, 7) is 30.3. The van der Waals surface area contributed by atoms with E-state index in [1.165, 1.54) is 6.08 Å². The van der Waals surface area contributed by atoms with Crippen LogP contribution >= 0.6 is 0 Å². The molecule has 1 N–H and O–H groups in total. The van der Waals surface area contributed by atoms with Crippen LogP contribution in [0.25, 0.3) is 0 Å². The van der Waals surface area contributed by atoms with Gasteiger partial charge >= 0.3 is 12.1 Å². The molecule has 3 aromatic rings. The lowest BCUT2D eigenvalue weighted by molar-refractivity contribution is -0.145. The molecule has 3 atom stereocenters. The summed E-state index contributed by atoms with van der Waals surface area (Å²) in [6.07, 6.45) is 3.12. The lowest BCUT2D eigenvalue weighted by atomic mass is 9.95. The molecule has 3 aromatic carbocycles. The highest BCUT2D eigenvalue weighted by Crippen LogP contribution is 2.58. The van der Waals surface area contributed by atoms with Gasteiger partial charge in [0.15, 0.2) is 20.3 Å². The predicted molar refractivity (Wildman–Crippen MR) is 276 cm³/mol. The van der Waals surface area contributed by atoms with Crippen LogP contribution in [0.4, 0.5) is 10.5 Å². The summed E-state index contributed by atoms with van der Waals surface area (Å²) in [5, 5.41) is 2.54. The molecular formula is C55H77N3O9Si2. The number of Topliss-reactive ketones (excluding diaryl/α,β-unsaturated/α-hetero) is 1. The standard InChI is InChI=1S/C55H77N3O9Si2/c1-14-26-64-49(60)30-43(28-40-18-16-15-17-19-40)50(61)56-33-44(59)29-41-20-22-42(23-21-41)34-65-53(63)58-46-31-48(66-69(36(2)3,37(4)5)38(6)7)39(8)27-45(46)51(62)57-35-55(24-25-55)32-47(57)52(58)67-68(12,13)54(9,10)11/h14-23,27,31,36-38,43,47,52H,1,24-26,28-30,32-35H2,2-13H3,(H,56,61)/t43-,47+,52?/m1/s1. The Morgan fingerprint density at radius 1 is 0.884 bits per heavy atom. The second-order valence-electron chi connectivity index (χ2n) is 22.3. The average Bonchev–Trinajstić information content (AvgIpc) is 3.95. The summed E-state index contributed by atoms with van der Waals surface area (Å²) < 4.78 is 26.1. The number of benzene rings is 3. The molecule has 374 valence electrons. The minimum absolute atomic E-state index is 0.0259. The van der Waals surface area contributed by atoms with Crippen molar-refractivity contribution < 1.29 is 42.3 Å². The monoisotopic (exact) mass is 980 g/mol. The van der Waals surface area contributed by atoms with Crippen molar-refractivity contribution >= 4 is 52.0 Å². The van der Waals surface area contributed by atoms with Crippen LogP contribution in [0, 0.1) is 18.3 Å². The molecule has 0 bridgehead atoms. The maximum Gasteiger partial charge on any atom is 0.416 e. The number of rotatable bonds is 20. The van der Waals surface area contributed by atoms with Crippen molar-refractivity contribution in [2.45, 2.75) is 161 Å². The van der Waals surface area contributed by atoms with Crippen molar-refractivity contribution in [3.05, 3.63) is 107 Å². The van der Waals surface area contributed by atoms with Gasteiger partial charge in [-0.1, -0.05) is 130 Å². The highest BCUT2D eigenvalue weighted by Gasteiger charge is 2.60. The van der Waals surface area contributed by atoms with Crippen molar-refractivity contribution in [2.24, 2.45) is 11.3 Å². The van der Waals surface area contributed by atoms with E-state index in [9.17, 15) is 19.2 Å². The Hall–Kier alpha value is -5.06. The van der Waals surface area contributed by atoms with E-state index in [1.54, 1.807) is 4.90 Å². The fourth-order valence-corrected chi connectivity index (χ4v) is 16.8. The van der Waals surface area contributed by atoms with Crippen molar-refractivity contribution in [3.8, 4) is 5.75 Å². The predicted octanol–water partition coefficient (Wildman–Crippen LogP) is 11.3. The van der Waals surface area contributed by atoms with Gasteiger partial charge in [0.1, 0.15) is 19.0 Å². The zero-order valence-corrected chi connectivity index (χ0v) is 45.2. The maximum atomic E-state index is 15.1. The Morgan fingerprint density at radius 2 is 1.51 bits per heavy atom. The van der Waals surface area contributed by atoms with Gasteiger partial charge in [-0.15, -0.1) is 0 Å². The fourth-order valence-electron chi connectivity index (χ4n) is 10.2. The minimum Gasteiger partial charge on any atom is -0.542 e. The third-order valence-electron chi connectivity index (χ3n) is 15.3. The number of ketones is 1. The first-order chi connectivity index (χ1) is 32.4. The van der Waals surface area contributed by atoms with E-state index >= 15 is 4.79 Å². The van der Waals surface area contributed by atoms with Crippen molar-refractivity contribution in [1.82, 2.24) is 10.2 Å². The topological polar surface area (TPSA) is 141 Å². The van der Waals surface area contributed by atoms with E-state index in [1.807, 2.05) is 78.6 Å². The van der Waals surface area contributed by atoms with Gasteiger partial charge in [0.25, 0.3) is 14.2 Å². The third-order valence-corrected chi connectivity index (χ3v) is 25.7. The number of esters is 1. The lowest BCUT2D eigenvalue weighted by Gasteiger charge is -2.44. The molecule has 2 fully saturated rings. The quantitative estimate of drug-likeness (QED) is 0.0665. The lowest BCUT2D eigenvalue weighted by Crippen LogP contribution is -2.58. The number of nitrogens with one attached hydrogen (secondary N) is 1. The normalized spacial score (nSPS) is 18.2. The Balaban J connectivity index is 1.23. The minimum atomic E-state index is -2.58. The van der Waals surface area contributed by atoms with Gasteiger partial charge in [-0.2, -0.15) is 0 Å². The van der Waals surface area contributed by atoms with E-state index < -0.39 is 46.8 Å². The van der Waals surface area contributed by atoms with Crippen molar-refractivity contribution in [3.63, 3.8) is 0 Å². The smallest absolute Gasteiger partial charge is 0.416 e. The largest absolute Gasteiger partial charge is 0.542 e. The molecule has 14 heteroatoms. The second-order valence-corrected chi connectivity index (χ2v) is 32.4. The molecule has 1 saturated carbocycles. The van der Waals surface area contributed by atoms with E-state index in [0.717, 1.165) is 36.0 Å². The number of hydrogen-bond acceptors (Lipinski definition) is 9. The van der Waals surface area contributed by atoms with Crippen LogP contribution in [0.5, 0.6) is 5.75 Å². The first-order valence-electron chi connectivity index (χ1n) is 24.9. The Bertz CT molecular complexity index is 2330. The van der Waals surface area contributed by atoms with E-state index in [2.05, 4.69) is 87.3 Å². The molecule has 1 aliphatic carbocycles. The third kappa shape index (κ3) is 12.1. The summed E-state index contributed by atoms with van der Waals surface area (Å²) in [5.41, 5.74) is 4.98. The highest BCUT2D eigenvalue weighted by atomic mass is 28.4. The number of carbonyl (C=O) groups is 5. The zero-order chi connectivity index (χ0) is 50.6. The van der Waals surface area contributed by atoms with E-state index in [-0.39, 0.29) is 60.8 Å². The number of amides is 3. The number of carbonyl (C=O) groups excluding carboxylic acids is 5. The highest BCUT2D eigenvalue weighted by molar-refractivity contribution is 6.78. The molecule has 2 aliphatic heterocycles. The van der Waals surface area contributed by atoms with E-state index in [4.69, 9.17) is 18.3 Å². The number of hydrogen-bond donors (Lipinski definition) is 1. The fraction of sp³-hybridized carbons (Fsp3) is 0.545. The van der Waals surface area contributed by atoms with Gasteiger partial charge in [0.05, 0.1) is 36.2 Å². The molecule has 0 aromatic heterocycles. The first-order valence-corrected chi connectivity index (χ1v) is 29.9. The molecule has 1 saturated heterocycles. The second kappa shape index (κ2) is 21.5. The van der Waals surface area contributed by atoms with Crippen LogP contribution < -0.4 is 14.6 Å². The maximum absolute atomic E-state index is 15.1. The summed E-state index contributed by atoms with van der Waals surface area (Å²) in [6, 6.07) is 20.1. The molecule has 6 rings (SSSR count). The van der Waals surface area contributed by atoms with Crippen LogP contribution in [-0.4, -0.2) is 83.2 Å². The Morgan fingerprint density at radius 3 is 2.09 bits per heavy atom. The first kappa shape index (κ1) is 53.3. The van der Waals surface area contributed by atoms with Crippen molar-refractivity contribution in [2.75, 3.05) is 24.6 Å². The van der Waals surface area contributed by atoms with Crippen LogP contribution in [0.2, 0.25) is 34.8 Å². The van der Waals surface area contributed by atoms with Crippen LogP contribution in [-0.2, 0) is 47.7 Å². The molecule has 69 heavy (non-hydrogen) atoms. The molecule has 0 radical (unpaired) electrons. The molecule has 12 nitrogen and oxygen atoms in total. The van der Waals surface area contributed by atoms with Crippen molar-refractivity contribution in [1.29, 1.82) is 0 Å². The number of nitrogens with zero attached hydrogens (tertiary/aromatic N) is 2. The van der Waals surface area contributed by atoms with Crippen LogP contribution in [0.1, 0.15) is 121 Å². The van der Waals surface area contributed by atoms with Gasteiger partial charge in [0.2, 0.25) is 5.91 Å². The summed E-state index contributed by atoms with van der Waals surface area (Å²) in [5.74, 6) is -1.28. The number of aryl methyl sites for hydroxylation is 1. The van der Waals surface area contributed by atoms with Gasteiger partial charge < -0.3 is 28.5 Å². The van der Waals surface area contributed by atoms with Gasteiger partial charge in [-0.25, -0.2) is 9.69 Å². The van der Waals surface area contributed by atoms with Crippen LogP contribution in [0.15, 0.2) is 79.4 Å². The molecular weight excluding hydrogens is 903 g/mol. The Labute approximate surface area is 413 Å². The number of fused-ring (bicyclic) bond motifs is 2.